The molecule has 1 atom stereocenters. The summed E-state index contributed by atoms with van der Waals surface area (Å²) in [6.07, 6.45) is 0.0600. The van der Waals surface area contributed by atoms with E-state index < -0.39 is 6.10 Å². The van der Waals surface area contributed by atoms with Crippen LogP contribution in [-0.4, -0.2) is 30.0 Å². The lowest BCUT2D eigenvalue weighted by atomic mass is 9.99. The standard InChI is InChI=1S/C25H25NO4/c27-22(12-18-4-2-1-3-5-18)20-7-9-23-21(14-20)16-26(10-11-28-23)15-19-6-8-24-25(13-19)30-17-29-24/h1-9,13-14,22,27H,10-12,15-17H2/t22-/m1/s1. The van der Waals surface area contributed by atoms with Gasteiger partial charge in [0.25, 0.3) is 0 Å². The third-order valence-corrected chi connectivity index (χ3v) is 5.64. The van der Waals surface area contributed by atoms with Crippen LogP contribution in [0.25, 0.3) is 0 Å². The highest BCUT2D eigenvalue weighted by molar-refractivity contribution is 5.44. The smallest absolute Gasteiger partial charge is 0.231 e. The largest absolute Gasteiger partial charge is 0.492 e. The Hall–Kier alpha value is -3.02. The second kappa shape index (κ2) is 8.38. The van der Waals surface area contributed by atoms with Gasteiger partial charge in [-0.1, -0.05) is 42.5 Å². The molecule has 5 rings (SSSR count). The van der Waals surface area contributed by atoms with Crippen molar-refractivity contribution in [2.45, 2.75) is 25.6 Å². The number of aliphatic hydroxyl groups is 1. The molecule has 0 saturated carbocycles. The molecule has 0 fully saturated rings. The molecule has 0 amide bonds. The van der Waals surface area contributed by atoms with Crippen LogP contribution in [0.4, 0.5) is 0 Å². The fourth-order valence-electron chi connectivity index (χ4n) is 4.06. The molecule has 154 valence electrons. The third-order valence-electron chi connectivity index (χ3n) is 5.64. The first-order chi connectivity index (χ1) is 14.7. The van der Waals surface area contributed by atoms with Gasteiger partial charge >= 0.3 is 0 Å². The normalized spacial score (nSPS) is 16.4. The maximum absolute atomic E-state index is 10.8. The van der Waals surface area contributed by atoms with Crippen LogP contribution < -0.4 is 14.2 Å². The number of benzene rings is 3. The molecule has 0 bridgehead atoms. The summed E-state index contributed by atoms with van der Waals surface area (Å²) in [5.41, 5.74) is 4.34. The minimum Gasteiger partial charge on any atom is -0.492 e. The maximum atomic E-state index is 10.8. The molecular weight excluding hydrogens is 378 g/mol. The van der Waals surface area contributed by atoms with Gasteiger partial charge in [-0.3, -0.25) is 4.90 Å². The van der Waals surface area contributed by atoms with Crippen molar-refractivity contribution in [2.75, 3.05) is 19.9 Å². The Labute approximate surface area is 176 Å². The van der Waals surface area contributed by atoms with Gasteiger partial charge in [-0.15, -0.1) is 0 Å². The molecule has 5 nitrogen and oxygen atoms in total. The highest BCUT2D eigenvalue weighted by Gasteiger charge is 2.20. The van der Waals surface area contributed by atoms with E-state index in [1.54, 1.807) is 0 Å². The second-order valence-electron chi connectivity index (χ2n) is 7.82. The molecule has 5 heteroatoms. The number of aliphatic hydroxyl groups excluding tert-OH is 1. The molecule has 0 aromatic heterocycles. The summed E-state index contributed by atoms with van der Waals surface area (Å²) >= 11 is 0. The van der Waals surface area contributed by atoms with Crippen LogP contribution in [0.5, 0.6) is 17.2 Å². The first-order valence-electron chi connectivity index (χ1n) is 10.3. The number of rotatable bonds is 5. The number of hydrogen-bond donors (Lipinski definition) is 1. The quantitative estimate of drug-likeness (QED) is 0.696. The minimum atomic E-state index is -0.539. The predicted molar refractivity (Wildman–Crippen MR) is 114 cm³/mol. The van der Waals surface area contributed by atoms with Gasteiger partial charge in [0.05, 0.1) is 6.10 Å². The summed E-state index contributed by atoms with van der Waals surface area (Å²) in [5, 5.41) is 10.8. The van der Waals surface area contributed by atoms with Crippen LogP contribution in [0.1, 0.15) is 28.4 Å². The Bertz CT molecular complexity index is 1020. The molecule has 0 saturated heterocycles. The lowest BCUT2D eigenvalue weighted by Crippen LogP contribution is -2.25. The van der Waals surface area contributed by atoms with Crippen molar-refractivity contribution in [1.29, 1.82) is 0 Å². The van der Waals surface area contributed by atoms with Gasteiger partial charge in [0.2, 0.25) is 6.79 Å². The third kappa shape index (κ3) is 4.13. The Kier molecular flexibility index (Phi) is 5.30. The topological polar surface area (TPSA) is 51.2 Å². The highest BCUT2D eigenvalue weighted by atomic mass is 16.7. The lowest BCUT2D eigenvalue weighted by Gasteiger charge is -2.20. The molecule has 3 aromatic rings. The van der Waals surface area contributed by atoms with E-state index in [-0.39, 0.29) is 6.79 Å². The lowest BCUT2D eigenvalue weighted by molar-refractivity contribution is 0.173. The number of nitrogens with zero attached hydrogens (tertiary/aromatic N) is 1. The van der Waals surface area contributed by atoms with Crippen molar-refractivity contribution >= 4 is 0 Å². The predicted octanol–water partition coefficient (Wildman–Crippen LogP) is 4.09. The van der Waals surface area contributed by atoms with Crippen molar-refractivity contribution < 1.29 is 19.3 Å². The molecule has 3 aromatic carbocycles. The van der Waals surface area contributed by atoms with E-state index in [4.69, 9.17) is 14.2 Å². The summed E-state index contributed by atoms with van der Waals surface area (Å²) in [4.78, 5) is 2.36. The van der Waals surface area contributed by atoms with Crippen LogP contribution in [0, 0.1) is 0 Å². The summed E-state index contributed by atoms with van der Waals surface area (Å²) in [5.74, 6) is 2.52. The molecule has 2 aliphatic heterocycles. The van der Waals surface area contributed by atoms with Crippen LogP contribution in [0.2, 0.25) is 0 Å². The van der Waals surface area contributed by atoms with Gasteiger partial charge in [-0.2, -0.15) is 0 Å². The van der Waals surface area contributed by atoms with Crippen LogP contribution in [-0.2, 0) is 19.5 Å². The Morgan fingerprint density at radius 2 is 1.67 bits per heavy atom. The first kappa shape index (κ1) is 19.0. The molecule has 2 aliphatic rings. The molecule has 0 aliphatic carbocycles. The average Bonchev–Trinajstić information content (AvgIpc) is 3.13. The Morgan fingerprint density at radius 3 is 2.57 bits per heavy atom. The fraction of sp³-hybridized carbons (Fsp3) is 0.280. The highest BCUT2D eigenvalue weighted by Crippen LogP contribution is 2.33. The zero-order valence-electron chi connectivity index (χ0n) is 16.8. The number of hydrogen-bond acceptors (Lipinski definition) is 5. The minimum absolute atomic E-state index is 0.289. The van der Waals surface area contributed by atoms with Crippen LogP contribution >= 0.6 is 0 Å². The van der Waals surface area contributed by atoms with Gasteiger partial charge in [-0.25, -0.2) is 0 Å². The zero-order chi connectivity index (χ0) is 20.3. The van der Waals surface area contributed by atoms with E-state index in [0.717, 1.165) is 53.6 Å². The van der Waals surface area contributed by atoms with Crippen molar-refractivity contribution in [1.82, 2.24) is 4.90 Å². The van der Waals surface area contributed by atoms with Gasteiger partial charge in [0.1, 0.15) is 12.4 Å². The summed E-state index contributed by atoms with van der Waals surface area (Å²) < 4.78 is 16.9. The summed E-state index contributed by atoms with van der Waals surface area (Å²) in [7, 11) is 0. The van der Waals surface area contributed by atoms with E-state index in [2.05, 4.69) is 23.1 Å². The van der Waals surface area contributed by atoms with Gasteiger partial charge in [0, 0.05) is 31.6 Å². The summed E-state index contributed by atoms with van der Waals surface area (Å²) in [6, 6.07) is 22.2. The van der Waals surface area contributed by atoms with Crippen LogP contribution in [0.3, 0.4) is 0 Å². The molecule has 1 N–H and O–H groups in total. The molecular formula is C25H25NO4. The van der Waals surface area contributed by atoms with Gasteiger partial charge < -0.3 is 19.3 Å². The second-order valence-corrected chi connectivity index (χ2v) is 7.82. The molecule has 0 radical (unpaired) electrons. The average molecular weight is 403 g/mol. The van der Waals surface area contributed by atoms with E-state index in [1.807, 2.05) is 48.5 Å². The van der Waals surface area contributed by atoms with Crippen LogP contribution in [0.15, 0.2) is 66.7 Å². The van der Waals surface area contributed by atoms with E-state index in [1.165, 1.54) is 5.56 Å². The van der Waals surface area contributed by atoms with Crippen molar-refractivity contribution in [3.8, 4) is 17.2 Å². The maximum Gasteiger partial charge on any atom is 0.231 e. The van der Waals surface area contributed by atoms with Crippen molar-refractivity contribution in [3.05, 3.63) is 89.0 Å². The molecule has 2 heterocycles. The Balaban J connectivity index is 1.31. The Morgan fingerprint density at radius 1 is 0.833 bits per heavy atom. The fourth-order valence-corrected chi connectivity index (χ4v) is 4.06. The number of fused-ring (bicyclic) bond motifs is 2. The monoisotopic (exact) mass is 403 g/mol. The van der Waals surface area contributed by atoms with E-state index in [0.29, 0.717) is 13.0 Å². The summed E-state index contributed by atoms with van der Waals surface area (Å²) in [6.45, 7) is 3.35. The van der Waals surface area contributed by atoms with Crippen molar-refractivity contribution in [2.24, 2.45) is 0 Å². The molecule has 0 unspecified atom stereocenters. The first-order valence-corrected chi connectivity index (χ1v) is 10.3. The van der Waals surface area contributed by atoms with Crippen molar-refractivity contribution in [3.63, 3.8) is 0 Å². The number of ether oxygens (including phenoxy) is 3. The van der Waals surface area contributed by atoms with Gasteiger partial charge in [0.15, 0.2) is 11.5 Å². The molecule has 0 spiro atoms. The zero-order valence-corrected chi connectivity index (χ0v) is 16.8. The molecule has 30 heavy (non-hydrogen) atoms. The SMILES string of the molecule is O[C@H](Cc1ccccc1)c1ccc2c(c1)CN(Cc1ccc3c(c1)OCO3)CCO2. The van der Waals surface area contributed by atoms with E-state index in [9.17, 15) is 5.11 Å². The van der Waals surface area contributed by atoms with Gasteiger partial charge in [-0.05, 0) is 41.0 Å². The van der Waals surface area contributed by atoms with E-state index >= 15 is 0 Å².